The molecule has 0 heterocycles. The van der Waals surface area contributed by atoms with E-state index in [1.807, 2.05) is 0 Å². The summed E-state index contributed by atoms with van der Waals surface area (Å²) in [6.07, 6.45) is 5.27. The summed E-state index contributed by atoms with van der Waals surface area (Å²) in [5, 5.41) is 0. The minimum atomic E-state index is 0.424. The molecular weight excluding hydrogens is 240 g/mol. The van der Waals surface area contributed by atoms with Crippen LogP contribution in [0.4, 0.5) is 0 Å². The maximum Gasteiger partial charge on any atom is -0.0344 e. The van der Waals surface area contributed by atoms with Crippen molar-refractivity contribution in [2.75, 3.05) is 0 Å². The highest BCUT2D eigenvalue weighted by Crippen LogP contribution is 2.47. The highest BCUT2D eigenvalue weighted by Gasteiger charge is 2.35. The molecule has 0 nitrogen and oxygen atoms in total. The van der Waals surface area contributed by atoms with Gasteiger partial charge in [-0.25, -0.2) is 0 Å². The van der Waals surface area contributed by atoms with Gasteiger partial charge >= 0.3 is 0 Å². The highest BCUT2D eigenvalue weighted by molar-refractivity contribution is 4.86. The van der Waals surface area contributed by atoms with Crippen molar-refractivity contribution in [3.63, 3.8) is 0 Å². The van der Waals surface area contributed by atoms with Crippen molar-refractivity contribution in [2.24, 2.45) is 27.6 Å². The van der Waals surface area contributed by atoms with Crippen molar-refractivity contribution in [1.29, 1.82) is 0 Å². The van der Waals surface area contributed by atoms with Gasteiger partial charge in [0.2, 0.25) is 0 Å². The Morgan fingerprint density at radius 3 is 1.25 bits per heavy atom. The molecule has 0 atom stereocenters. The molecule has 0 rings (SSSR count). The molecule has 0 N–H and O–H groups in total. The third-order valence-electron chi connectivity index (χ3n) is 3.88. The van der Waals surface area contributed by atoms with E-state index in [-0.39, 0.29) is 0 Å². The Kier molecular flexibility index (Phi) is 6.41. The van der Waals surface area contributed by atoms with Crippen LogP contribution in [0.25, 0.3) is 0 Å². The van der Waals surface area contributed by atoms with Gasteiger partial charge in [-0.05, 0) is 53.3 Å². The van der Waals surface area contributed by atoms with Crippen LogP contribution < -0.4 is 0 Å². The lowest BCUT2D eigenvalue weighted by molar-refractivity contribution is 0.0862. The van der Waals surface area contributed by atoms with Gasteiger partial charge in [-0.15, -0.1) is 0 Å². The third-order valence-corrected chi connectivity index (χ3v) is 3.88. The first-order valence-electron chi connectivity index (χ1n) is 8.54. The number of hydrogen-bond donors (Lipinski definition) is 0. The molecule has 0 aromatic heterocycles. The summed E-state index contributed by atoms with van der Waals surface area (Å²) in [7, 11) is 0. The van der Waals surface area contributed by atoms with Gasteiger partial charge in [0.1, 0.15) is 0 Å². The van der Waals surface area contributed by atoms with E-state index >= 15 is 0 Å². The molecule has 0 unspecified atom stereocenters. The monoisotopic (exact) mass is 282 g/mol. The fourth-order valence-corrected chi connectivity index (χ4v) is 5.33. The first kappa shape index (κ1) is 20.0. The summed E-state index contributed by atoms with van der Waals surface area (Å²) in [6.45, 7) is 26.5. The molecule has 0 bridgehead atoms. The van der Waals surface area contributed by atoms with Gasteiger partial charge in [0.25, 0.3) is 0 Å². The van der Waals surface area contributed by atoms with Crippen molar-refractivity contribution in [3.05, 3.63) is 0 Å². The molecule has 0 fully saturated rings. The van der Waals surface area contributed by atoms with E-state index in [1.165, 1.54) is 25.7 Å². The molecule has 0 radical (unpaired) electrons. The van der Waals surface area contributed by atoms with Gasteiger partial charge in [0.05, 0.1) is 0 Å². The lowest BCUT2D eigenvalue weighted by atomic mass is 9.63. The molecule has 20 heavy (non-hydrogen) atoms. The molecule has 0 spiro atoms. The van der Waals surface area contributed by atoms with Crippen LogP contribution in [0.2, 0.25) is 0 Å². The second kappa shape index (κ2) is 6.41. The average molecular weight is 283 g/mol. The second-order valence-corrected chi connectivity index (χ2v) is 11.2. The maximum absolute atomic E-state index is 2.47. The van der Waals surface area contributed by atoms with Crippen LogP contribution in [-0.4, -0.2) is 0 Å². The van der Waals surface area contributed by atoms with E-state index in [1.54, 1.807) is 0 Å². The van der Waals surface area contributed by atoms with E-state index in [0.717, 1.165) is 5.92 Å². The van der Waals surface area contributed by atoms with Crippen LogP contribution in [0.15, 0.2) is 0 Å². The normalized spacial score (nSPS) is 15.0. The van der Waals surface area contributed by atoms with Crippen LogP contribution in [0, 0.1) is 27.6 Å². The van der Waals surface area contributed by atoms with Crippen LogP contribution in [0.1, 0.15) is 102 Å². The van der Waals surface area contributed by atoms with Crippen molar-refractivity contribution in [1.82, 2.24) is 0 Å². The van der Waals surface area contributed by atoms with Gasteiger partial charge in [-0.3, -0.25) is 0 Å². The molecule has 0 aliphatic heterocycles. The first-order valence-corrected chi connectivity index (χ1v) is 8.54. The van der Waals surface area contributed by atoms with Crippen molar-refractivity contribution in [2.45, 2.75) is 102 Å². The zero-order valence-electron chi connectivity index (χ0n) is 16.4. The topological polar surface area (TPSA) is 0 Å². The van der Waals surface area contributed by atoms with Crippen molar-refractivity contribution >= 4 is 0 Å². The van der Waals surface area contributed by atoms with Gasteiger partial charge in [0.15, 0.2) is 0 Å². The van der Waals surface area contributed by atoms with E-state index in [9.17, 15) is 0 Å². The Hall–Kier alpha value is 0. The molecule has 0 saturated heterocycles. The fraction of sp³-hybridized carbons (Fsp3) is 1.00. The quantitative estimate of drug-likeness (QED) is 0.458. The van der Waals surface area contributed by atoms with E-state index in [0.29, 0.717) is 21.7 Å². The zero-order chi connectivity index (χ0) is 16.4. The summed E-state index contributed by atoms with van der Waals surface area (Å²) >= 11 is 0. The Morgan fingerprint density at radius 1 is 0.550 bits per heavy atom. The van der Waals surface area contributed by atoms with Crippen LogP contribution in [0.3, 0.4) is 0 Å². The fourth-order valence-electron chi connectivity index (χ4n) is 5.33. The number of hydrogen-bond acceptors (Lipinski definition) is 0. The van der Waals surface area contributed by atoms with Crippen molar-refractivity contribution in [3.8, 4) is 0 Å². The van der Waals surface area contributed by atoms with Crippen LogP contribution in [-0.2, 0) is 0 Å². The predicted octanol–water partition coefficient (Wildman–Crippen LogP) is 7.33. The average Bonchev–Trinajstić information content (AvgIpc) is 1.86. The van der Waals surface area contributed by atoms with E-state index in [4.69, 9.17) is 0 Å². The van der Waals surface area contributed by atoms with Gasteiger partial charge in [-0.1, -0.05) is 76.2 Å². The highest BCUT2D eigenvalue weighted by atomic mass is 14.4. The van der Waals surface area contributed by atoms with Crippen LogP contribution >= 0.6 is 0 Å². The largest absolute Gasteiger partial charge is 0.0628 e. The summed E-state index contributed by atoms with van der Waals surface area (Å²) in [4.78, 5) is 0. The molecule has 0 aromatic carbocycles. The third kappa shape index (κ3) is 9.83. The second-order valence-electron chi connectivity index (χ2n) is 11.2. The molecule has 0 amide bonds. The Bertz CT molecular complexity index is 284. The SMILES string of the molecule is CC(C)CC(C)(C)CC(C)(C)CC(C)(C)CC(C)(C)C. The van der Waals surface area contributed by atoms with Gasteiger partial charge in [-0.2, -0.15) is 0 Å². The minimum Gasteiger partial charge on any atom is -0.0628 e. The summed E-state index contributed by atoms with van der Waals surface area (Å²) in [5.41, 5.74) is 1.73. The zero-order valence-corrected chi connectivity index (χ0v) is 16.4. The predicted molar refractivity (Wildman–Crippen MR) is 94.1 cm³/mol. The molecule has 122 valence electrons. The first-order chi connectivity index (χ1) is 8.54. The van der Waals surface area contributed by atoms with Crippen LogP contribution in [0.5, 0.6) is 0 Å². The van der Waals surface area contributed by atoms with Gasteiger partial charge in [0, 0.05) is 0 Å². The maximum atomic E-state index is 2.47. The molecule has 0 saturated carbocycles. The van der Waals surface area contributed by atoms with E-state index in [2.05, 4.69) is 76.2 Å². The number of rotatable bonds is 7. The van der Waals surface area contributed by atoms with Gasteiger partial charge < -0.3 is 0 Å². The lowest BCUT2D eigenvalue weighted by Crippen LogP contribution is -2.31. The van der Waals surface area contributed by atoms with Crippen molar-refractivity contribution < 1.29 is 0 Å². The van der Waals surface area contributed by atoms with E-state index < -0.39 is 0 Å². The Morgan fingerprint density at radius 2 is 0.900 bits per heavy atom. The minimum absolute atomic E-state index is 0.424. The summed E-state index contributed by atoms with van der Waals surface area (Å²) < 4.78 is 0. The Balaban J connectivity index is 4.73. The molecule has 0 aromatic rings. The summed E-state index contributed by atoms with van der Waals surface area (Å²) in [6, 6.07) is 0. The standard InChI is InChI=1S/C20H42/c1-16(2)12-18(6,7)14-20(10,11)15-19(8,9)13-17(3,4)5/h16H,12-15H2,1-11H3. The smallest absolute Gasteiger partial charge is 0.0344 e. The lowest BCUT2D eigenvalue weighted by Gasteiger charge is -2.42. The Labute approximate surface area is 130 Å². The summed E-state index contributed by atoms with van der Waals surface area (Å²) in [5.74, 6) is 0.795. The molecular formula is C20H42. The molecule has 0 aliphatic carbocycles. The molecule has 0 aliphatic rings. The molecule has 0 heteroatoms.